The zero-order valence-electron chi connectivity index (χ0n) is 17.8. The quantitative estimate of drug-likeness (QED) is 0.391. The van der Waals surface area contributed by atoms with E-state index in [9.17, 15) is 0 Å². The number of ether oxygens (including phenoxy) is 1. The molecule has 1 aliphatic heterocycles. The van der Waals surface area contributed by atoms with Gasteiger partial charge in [0, 0.05) is 42.1 Å². The molecule has 1 aliphatic rings. The molecule has 5 aromatic rings. The molecular formula is C25H20N6OS. The van der Waals surface area contributed by atoms with Crippen LogP contribution in [0, 0.1) is 0 Å². The van der Waals surface area contributed by atoms with Crippen molar-refractivity contribution < 1.29 is 4.74 Å². The number of morpholine rings is 1. The monoisotopic (exact) mass is 452 g/mol. The molecular weight excluding hydrogens is 432 g/mol. The molecule has 6 rings (SSSR count). The maximum atomic E-state index is 5.58. The molecule has 1 fully saturated rings. The van der Waals surface area contributed by atoms with Gasteiger partial charge in [0.15, 0.2) is 11.6 Å². The van der Waals surface area contributed by atoms with Crippen molar-refractivity contribution in [3.8, 4) is 33.3 Å². The van der Waals surface area contributed by atoms with Crippen LogP contribution in [-0.2, 0) is 4.74 Å². The van der Waals surface area contributed by atoms with Gasteiger partial charge in [0.25, 0.3) is 0 Å². The summed E-state index contributed by atoms with van der Waals surface area (Å²) in [7, 11) is 0. The fourth-order valence-corrected chi connectivity index (χ4v) is 4.94. The molecule has 8 heteroatoms. The van der Waals surface area contributed by atoms with E-state index in [0.29, 0.717) is 30.6 Å². The number of aromatic nitrogens is 5. The lowest BCUT2D eigenvalue weighted by molar-refractivity contribution is 0.122. The van der Waals surface area contributed by atoms with E-state index in [4.69, 9.17) is 19.7 Å². The molecule has 0 radical (unpaired) electrons. The van der Waals surface area contributed by atoms with Crippen LogP contribution in [0.1, 0.15) is 0 Å². The van der Waals surface area contributed by atoms with Crippen LogP contribution in [0.5, 0.6) is 0 Å². The normalized spacial score (nSPS) is 14.0. The van der Waals surface area contributed by atoms with E-state index >= 15 is 0 Å². The van der Waals surface area contributed by atoms with Gasteiger partial charge < -0.3 is 9.64 Å². The number of anilines is 1. The van der Waals surface area contributed by atoms with Crippen molar-refractivity contribution in [2.75, 3.05) is 31.2 Å². The first kappa shape index (κ1) is 19.9. The van der Waals surface area contributed by atoms with Crippen LogP contribution >= 0.6 is 11.3 Å². The summed E-state index contributed by atoms with van der Waals surface area (Å²) < 4.78 is 5.58. The highest BCUT2D eigenvalue weighted by atomic mass is 32.1. The first-order valence-corrected chi connectivity index (χ1v) is 11.6. The van der Waals surface area contributed by atoms with Gasteiger partial charge >= 0.3 is 0 Å². The molecule has 0 amide bonds. The summed E-state index contributed by atoms with van der Waals surface area (Å²) in [5, 5.41) is 1.05. The van der Waals surface area contributed by atoms with E-state index in [1.54, 1.807) is 17.5 Å². The van der Waals surface area contributed by atoms with E-state index in [-0.39, 0.29) is 0 Å². The Kier molecular flexibility index (Phi) is 5.22. The Balaban J connectivity index is 1.50. The number of benzene rings is 1. The molecule has 1 saturated heterocycles. The summed E-state index contributed by atoms with van der Waals surface area (Å²) in [6, 6.07) is 18.0. The zero-order valence-corrected chi connectivity index (χ0v) is 18.6. The van der Waals surface area contributed by atoms with Gasteiger partial charge in [0.1, 0.15) is 16.3 Å². The molecule has 33 heavy (non-hydrogen) atoms. The summed E-state index contributed by atoms with van der Waals surface area (Å²) in [6.07, 6.45) is 5.39. The Morgan fingerprint density at radius 2 is 1.61 bits per heavy atom. The first-order valence-electron chi connectivity index (χ1n) is 10.8. The molecule has 0 atom stereocenters. The van der Waals surface area contributed by atoms with Gasteiger partial charge in [-0.3, -0.25) is 4.98 Å². The molecule has 0 saturated carbocycles. The number of hydrogen-bond acceptors (Lipinski definition) is 8. The molecule has 162 valence electrons. The Hall–Kier alpha value is -3.75. The number of hydrogen-bond donors (Lipinski definition) is 0. The SMILES string of the molecule is c1ccc(-c2nccc(-c3nc(N4CCOCC4)c4cc(-c5ccncc5)sc4n3)n2)cc1. The van der Waals surface area contributed by atoms with Crippen molar-refractivity contribution in [3.05, 3.63) is 73.2 Å². The van der Waals surface area contributed by atoms with Crippen LogP contribution in [0.25, 0.3) is 43.6 Å². The minimum atomic E-state index is 0.603. The number of fused-ring (bicyclic) bond motifs is 1. The third kappa shape index (κ3) is 3.94. The number of thiophene rings is 1. The van der Waals surface area contributed by atoms with Crippen LogP contribution in [0.15, 0.2) is 73.2 Å². The van der Waals surface area contributed by atoms with Gasteiger partial charge in [-0.1, -0.05) is 30.3 Å². The lowest BCUT2D eigenvalue weighted by Crippen LogP contribution is -2.37. The average molecular weight is 453 g/mol. The molecule has 5 heterocycles. The predicted molar refractivity (Wildman–Crippen MR) is 130 cm³/mol. The standard InChI is InChI=1S/C25H20N6OS/c1-2-4-18(5-3-1)22-27-11-8-20(28-22)23-29-24(31-12-14-32-15-13-31)19-16-21(33-25(19)30-23)17-6-9-26-10-7-17/h1-11,16H,12-15H2. The third-order valence-corrected chi connectivity index (χ3v) is 6.64. The maximum Gasteiger partial charge on any atom is 0.181 e. The summed E-state index contributed by atoms with van der Waals surface area (Å²) >= 11 is 1.66. The second-order valence-electron chi connectivity index (χ2n) is 7.67. The number of rotatable bonds is 4. The smallest absolute Gasteiger partial charge is 0.181 e. The van der Waals surface area contributed by atoms with Gasteiger partial charge in [-0.2, -0.15) is 0 Å². The summed E-state index contributed by atoms with van der Waals surface area (Å²) in [5.74, 6) is 2.19. The maximum absolute atomic E-state index is 5.58. The molecule has 4 aromatic heterocycles. The van der Waals surface area contributed by atoms with E-state index in [1.807, 2.05) is 60.9 Å². The third-order valence-electron chi connectivity index (χ3n) is 5.56. The molecule has 0 unspecified atom stereocenters. The Bertz CT molecular complexity index is 1400. The van der Waals surface area contributed by atoms with Crippen molar-refractivity contribution in [2.24, 2.45) is 0 Å². The number of nitrogens with zero attached hydrogens (tertiary/aromatic N) is 6. The summed E-state index contributed by atoms with van der Waals surface area (Å²) in [5.41, 5.74) is 2.79. The minimum Gasteiger partial charge on any atom is -0.378 e. The average Bonchev–Trinajstić information content (AvgIpc) is 3.34. The van der Waals surface area contributed by atoms with Gasteiger partial charge in [0.2, 0.25) is 0 Å². The first-order chi connectivity index (χ1) is 16.3. The van der Waals surface area contributed by atoms with Crippen LogP contribution in [0.4, 0.5) is 5.82 Å². The molecule has 0 N–H and O–H groups in total. The lowest BCUT2D eigenvalue weighted by Gasteiger charge is -2.28. The van der Waals surface area contributed by atoms with Gasteiger partial charge in [-0.05, 0) is 29.8 Å². The predicted octanol–water partition coefficient (Wildman–Crippen LogP) is 4.71. The van der Waals surface area contributed by atoms with Crippen molar-refractivity contribution in [3.63, 3.8) is 0 Å². The van der Waals surface area contributed by atoms with Gasteiger partial charge in [-0.25, -0.2) is 19.9 Å². The van der Waals surface area contributed by atoms with Crippen molar-refractivity contribution in [2.45, 2.75) is 0 Å². The van der Waals surface area contributed by atoms with Crippen molar-refractivity contribution in [1.82, 2.24) is 24.9 Å². The van der Waals surface area contributed by atoms with E-state index in [1.165, 1.54) is 0 Å². The van der Waals surface area contributed by atoms with Crippen LogP contribution in [0.3, 0.4) is 0 Å². The van der Waals surface area contributed by atoms with Crippen molar-refractivity contribution in [1.29, 1.82) is 0 Å². The van der Waals surface area contributed by atoms with Crippen LogP contribution in [-0.4, -0.2) is 51.2 Å². The van der Waals surface area contributed by atoms with E-state index < -0.39 is 0 Å². The second kappa shape index (κ2) is 8.65. The highest BCUT2D eigenvalue weighted by Crippen LogP contribution is 2.38. The summed E-state index contributed by atoms with van der Waals surface area (Å²) in [4.78, 5) is 27.7. The Morgan fingerprint density at radius 3 is 2.42 bits per heavy atom. The van der Waals surface area contributed by atoms with Crippen molar-refractivity contribution >= 4 is 27.4 Å². The zero-order chi connectivity index (χ0) is 22.0. The van der Waals surface area contributed by atoms with E-state index in [0.717, 1.165) is 45.1 Å². The molecule has 0 bridgehead atoms. The largest absolute Gasteiger partial charge is 0.378 e. The molecule has 7 nitrogen and oxygen atoms in total. The highest BCUT2D eigenvalue weighted by Gasteiger charge is 2.21. The molecule has 1 aromatic carbocycles. The van der Waals surface area contributed by atoms with Gasteiger partial charge in [0.05, 0.1) is 18.6 Å². The fraction of sp³-hybridized carbons (Fsp3) is 0.160. The second-order valence-corrected chi connectivity index (χ2v) is 8.70. The Labute approximate surface area is 194 Å². The number of pyridine rings is 1. The lowest BCUT2D eigenvalue weighted by atomic mass is 10.2. The fourth-order valence-electron chi connectivity index (χ4n) is 3.91. The Morgan fingerprint density at radius 1 is 0.788 bits per heavy atom. The highest BCUT2D eigenvalue weighted by molar-refractivity contribution is 7.22. The molecule has 0 aliphatic carbocycles. The minimum absolute atomic E-state index is 0.603. The van der Waals surface area contributed by atoms with Crippen LogP contribution < -0.4 is 4.90 Å². The van der Waals surface area contributed by atoms with E-state index in [2.05, 4.69) is 20.9 Å². The topological polar surface area (TPSA) is 76.9 Å². The summed E-state index contributed by atoms with van der Waals surface area (Å²) in [6.45, 7) is 2.97. The van der Waals surface area contributed by atoms with Crippen LogP contribution in [0.2, 0.25) is 0 Å². The molecule has 0 spiro atoms. The van der Waals surface area contributed by atoms with Gasteiger partial charge in [-0.15, -0.1) is 11.3 Å².